The summed E-state index contributed by atoms with van der Waals surface area (Å²) in [6, 6.07) is 12.6. The van der Waals surface area contributed by atoms with Gasteiger partial charge in [0.25, 0.3) is 0 Å². The zero-order chi connectivity index (χ0) is 19.5. The summed E-state index contributed by atoms with van der Waals surface area (Å²) in [5, 5.41) is 0. The highest BCUT2D eigenvalue weighted by Crippen LogP contribution is 2.62. The molecule has 1 heterocycles. The lowest BCUT2D eigenvalue weighted by atomic mass is 9.58. The molecule has 5 rings (SSSR count). The number of methoxy groups -OCH3 is 2. The molecule has 144 valence electrons. The summed E-state index contributed by atoms with van der Waals surface area (Å²) >= 11 is 0. The van der Waals surface area contributed by atoms with Crippen LogP contribution in [0.2, 0.25) is 0 Å². The van der Waals surface area contributed by atoms with Gasteiger partial charge in [0, 0.05) is 36.4 Å². The SMILES string of the molecule is CCN1C(=O)CC2Cc3cc(OC)cc(OC)c3C3C=Cc4ccccc4C231. The van der Waals surface area contributed by atoms with Crippen LogP contribution in [0.5, 0.6) is 11.5 Å². The second kappa shape index (κ2) is 6.13. The lowest BCUT2D eigenvalue weighted by molar-refractivity contribution is -0.131. The predicted octanol–water partition coefficient (Wildman–Crippen LogP) is 4.13. The van der Waals surface area contributed by atoms with Gasteiger partial charge in [0.1, 0.15) is 11.5 Å². The van der Waals surface area contributed by atoms with E-state index in [0.717, 1.165) is 17.9 Å². The Labute approximate surface area is 165 Å². The fraction of sp³-hybridized carbons (Fsp3) is 0.375. The monoisotopic (exact) mass is 375 g/mol. The molecule has 0 saturated carbocycles. The minimum Gasteiger partial charge on any atom is -0.497 e. The van der Waals surface area contributed by atoms with Crippen molar-refractivity contribution in [2.45, 2.75) is 31.2 Å². The Hall–Kier alpha value is -2.75. The van der Waals surface area contributed by atoms with E-state index in [4.69, 9.17) is 9.47 Å². The summed E-state index contributed by atoms with van der Waals surface area (Å²) in [4.78, 5) is 15.2. The van der Waals surface area contributed by atoms with E-state index < -0.39 is 0 Å². The molecule has 4 heteroatoms. The van der Waals surface area contributed by atoms with Gasteiger partial charge in [-0.3, -0.25) is 4.79 Å². The second-order valence-corrected chi connectivity index (χ2v) is 7.90. The van der Waals surface area contributed by atoms with Gasteiger partial charge in [-0.15, -0.1) is 0 Å². The number of likely N-dealkylation sites (N-methyl/N-ethyl adjacent to an activating group) is 1. The molecule has 2 aromatic carbocycles. The average molecular weight is 375 g/mol. The van der Waals surface area contributed by atoms with E-state index in [1.165, 1.54) is 22.3 Å². The van der Waals surface area contributed by atoms with E-state index in [1.807, 2.05) is 6.07 Å². The van der Waals surface area contributed by atoms with Gasteiger partial charge in [0.05, 0.1) is 19.8 Å². The lowest BCUT2D eigenvalue weighted by Gasteiger charge is -2.52. The molecule has 1 fully saturated rings. The summed E-state index contributed by atoms with van der Waals surface area (Å²) < 4.78 is 11.3. The Bertz CT molecular complexity index is 995. The Kier molecular flexibility index (Phi) is 3.80. The smallest absolute Gasteiger partial charge is 0.223 e. The van der Waals surface area contributed by atoms with Crippen molar-refractivity contribution in [2.75, 3.05) is 20.8 Å². The summed E-state index contributed by atoms with van der Waals surface area (Å²) in [7, 11) is 3.40. The van der Waals surface area contributed by atoms with Crippen LogP contribution in [-0.2, 0) is 16.8 Å². The Morgan fingerprint density at radius 2 is 1.96 bits per heavy atom. The third-order valence-corrected chi connectivity index (χ3v) is 6.88. The number of hydrogen-bond donors (Lipinski definition) is 0. The standard InChI is InChI=1S/C24H25NO3/c1-4-25-22(26)13-17-11-16-12-18(27-2)14-21(28-3)23(16)20-10-9-15-7-5-6-8-19(15)24(17,20)25/h5-10,12,14,17,20H,4,11,13H2,1-3H3. The van der Waals surface area contributed by atoms with Crippen molar-refractivity contribution in [3.63, 3.8) is 0 Å². The van der Waals surface area contributed by atoms with Crippen LogP contribution in [0.25, 0.3) is 6.08 Å². The highest BCUT2D eigenvalue weighted by Gasteiger charge is 2.61. The van der Waals surface area contributed by atoms with E-state index in [1.54, 1.807) is 14.2 Å². The lowest BCUT2D eigenvalue weighted by Crippen LogP contribution is -2.54. The zero-order valence-electron chi connectivity index (χ0n) is 16.6. The maximum absolute atomic E-state index is 13.1. The van der Waals surface area contributed by atoms with Crippen molar-refractivity contribution >= 4 is 12.0 Å². The predicted molar refractivity (Wildman–Crippen MR) is 109 cm³/mol. The van der Waals surface area contributed by atoms with Gasteiger partial charge in [-0.2, -0.15) is 0 Å². The maximum atomic E-state index is 13.1. The zero-order valence-corrected chi connectivity index (χ0v) is 16.6. The van der Waals surface area contributed by atoms with Crippen LogP contribution in [0.3, 0.4) is 0 Å². The number of amides is 1. The Morgan fingerprint density at radius 3 is 2.71 bits per heavy atom. The molecule has 3 unspecified atom stereocenters. The molecular weight excluding hydrogens is 350 g/mol. The number of ether oxygens (including phenoxy) is 2. The van der Waals surface area contributed by atoms with Crippen molar-refractivity contribution in [3.8, 4) is 11.5 Å². The van der Waals surface area contributed by atoms with Crippen LogP contribution in [-0.4, -0.2) is 31.6 Å². The number of benzene rings is 2. The first-order valence-electron chi connectivity index (χ1n) is 9.98. The van der Waals surface area contributed by atoms with Crippen molar-refractivity contribution < 1.29 is 14.3 Å². The number of fused-ring (bicyclic) bond motifs is 3. The molecule has 28 heavy (non-hydrogen) atoms. The molecule has 4 nitrogen and oxygen atoms in total. The van der Waals surface area contributed by atoms with Gasteiger partial charge in [-0.05, 0) is 36.1 Å². The fourth-order valence-electron chi connectivity index (χ4n) is 5.92. The van der Waals surface area contributed by atoms with Crippen molar-refractivity contribution in [1.82, 2.24) is 4.90 Å². The molecular formula is C24H25NO3. The molecule has 0 N–H and O–H groups in total. The molecule has 1 amide bonds. The number of hydrogen-bond acceptors (Lipinski definition) is 3. The van der Waals surface area contributed by atoms with Crippen LogP contribution in [0, 0.1) is 5.92 Å². The summed E-state index contributed by atoms with van der Waals surface area (Å²) in [6.07, 6.45) is 5.93. The van der Waals surface area contributed by atoms with E-state index in [0.29, 0.717) is 13.0 Å². The number of likely N-dealkylation sites (tertiary alicyclic amines) is 1. The normalized spacial score (nSPS) is 27.0. The summed E-state index contributed by atoms with van der Waals surface area (Å²) in [5.74, 6) is 2.21. The van der Waals surface area contributed by atoms with E-state index in [-0.39, 0.29) is 23.3 Å². The molecule has 0 aromatic heterocycles. The van der Waals surface area contributed by atoms with E-state index in [9.17, 15) is 4.79 Å². The third kappa shape index (κ3) is 2.03. The molecule has 2 aromatic rings. The van der Waals surface area contributed by atoms with E-state index >= 15 is 0 Å². The molecule has 3 aliphatic rings. The second-order valence-electron chi connectivity index (χ2n) is 7.90. The first kappa shape index (κ1) is 17.4. The minimum atomic E-state index is -0.341. The quantitative estimate of drug-likeness (QED) is 0.810. The largest absolute Gasteiger partial charge is 0.497 e. The molecule has 3 atom stereocenters. The van der Waals surface area contributed by atoms with Gasteiger partial charge in [0.15, 0.2) is 0 Å². The summed E-state index contributed by atoms with van der Waals surface area (Å²) in [5.41, 5.74) is 4.57. The van der Waals surface area contributed by atoms with E-state index in [2.05, 4.69) is 54.3 Å². The number of carbonyl (C=O) groups excluding carboxylic acids is 1. The first-order chi connectivity index (χ1) is 13.6. The Morgan fingerprint density at radius 1 is 1.14 bits per heavy atom. The molecule has 1 aliphatic heterocycles. The van der Waals surface area contributed by atoms with Crippen LogP contribution < -0.4 is 9.47 Å². The van der Waals surface area contributed by atoms with Crippen molar-refractivity contribution in [2.24, 2.45) is 5.92 Å². The molecule has 2 aliphatic carbocycles. The highest BCUT2D eigenvalue weighted by atomic mass is 16.5. The number of rotatable bonds is 3. The van der Waals surface area contributed by atoms with Crippen molar-refractivity contribution in [1.29, 1.82) is 0 Å². The maximum Gasteiger partial charge on any atom is 0.223 e. The highest BCUT2D eigenvalue weighted by molar-refractivity contribution is 5.84. The minimum absolute atomic E-state index is 0.0726. The molecule has 1 spiro atoms. The average Bonchev–Trinajstić information content (AvgIpc) is 3.01. The topological polar surface area (TPSA) is 38.8 Å². The molecule has 0 radical (unpaired) electrons. The van der Waals surface area contributed by atoms with Crippen LogP contribution >= 0.6 is 0 Å². The number of nitrogens with zero attached hydrogens (tertiary/aromatic N) is 1. The molecule has 1 saturated heterocycles. The molecule has 0 bridgehead atoms. The van der Waals surface area contributed by atoms with Gasteiger partial charge < -0.3 is 14.4 Å². The van der Waals surface area contributed by atoms with Crippen LogP contribution in [0.15, 0.2) is 42.5 Å². The third-order valence-electron chi connectivity index (χ3n) is 6.88. The van der Waals surface area contributed by atoms with Gasteiger partial charge in [0.2, 0.25) is 5.91 Å². The summed E-state index contributed by atoms with van der Waals surface area (Å²) in [6.45, 7) is 2.80. The number of carbonyl (C=O) groups is 1. The fourth-order valence-corrected chi connectivity index (χ4v) is 5.92. The van der Waals surface area contributed by atoms with Crippen LogP contribution in [0.1, 0.15) is 41.5 Å². The van der Waals surface area contributed by atoms with Gasteiger partial charge >= 0.3 is 0 Å². The van der Waals surface area contributed by atoms with Crippen LogP contribution in [0.4, 0.5) is 0 Å². The van der Waals surface area contributed by atoms with Crippen molar-refractivity contribution in [3.05, 3.63) is 64.7 Å². The van der Waals surface area contributed by atoms with Gasteiger partial charge in [-0.25, -0.2) is 0 Å². The Balaban J connectivity index is 1.83. The van der Waals surface area contributed by atoms with Gasteiger partial charge in [-0.1, -0.05) is 36.4 Å². The first-order valence-corrected chi connectivity index (χ1v) is 9.98.